The van der Waals surface area contributed by atoms with Crippen LogP contribution in [0.2, 0.25) is 0 Å². The molecule has 3 heterocycles. The van der Waals surface area contributed by atoms with Crippen molar-refractivity contribution in [3.05, 3.63) is 23.8 Å². The number of nitrogens with zero attached hydrogens (tertiary/aromatic N) is 4. The Kier molecular flexibility index (Phi) is 5.04. The highest BCUT2D eigenvalue weighted by molar-refractivity contribution is 7.80. The van der Waals surface area contributed by atoms with Crippen LogP contribution in [0.1, 0.15) is 24.2 Å². The predicted octanol–water partition coefficient (Wildman–Crippen LogP) is -0.664. The standard InChI is InChI=1S/C13H17N5O7S/c1-8-4-15-9(5-14-8)7-24-16-12(19)11-3-2-10-6-17(11)13(20)18(10)25-26(21,22)23/h4-5,10-11H,2-3,6-7H2,1H3,(H,16,19)(H,21,22,23). The molecule has 13 heteroatoms. The molecule has 12 nitrogen and oxygen atoms in total. The van der Waals surface area contributed by atoms with Gasteiger partial charge in [0.25, 0.3) is 5.91 Å². The summed E-state index contributed by atoms with van der Waals surface area (Å²) in [7, 11) is -4.82. The van der Waals surface area contributed by atoms with Crippen LogP contribution in [0.4, 0.5) is 4.79 Å². The molecule has 2 N–H and O–H groups in total. The van der Waals surface area contributed by atoms with Crippen molar-refractivity contribution in [2.45, 2.75) is 38.5 Å². The smallest absolute Gasteiger partial charge is 0.309 e. The van der Waals surface area contributed by atoms with E-state index in [1.807, 2.05) is 0 Å². The molecular weight excluding hydrogens is 370 g/mol. The monoisotopic (exact) mass is 387 g/mol. The van der Waals surface area contributed by atoms with Crippen LogP contribution in [-0.4, -0.2) is 63.5 Å². The van der Waals surface area contributed by atoms with E-state index in [1.54, 1.807) is 13.1 Å². The number of hydroxylamine groups is 3. The number of piperidine rings is 1. The van der Waals surface area contributed by atoms with Crippen molar-refractivity contribution in [1.29, 1.82) is 0 Å². The summed E-state index contributed by atoms with van der Waals surface area (Å²) in [5.41, 5.74) is 3.52. The SMILES string of the molecule is Cc1cnc(CONC(=O)C2CCC3CN2C(=O)N3OS(=O)(=O)O)cn1. The maximum atomic E-state index is 12.3. The second kappa shape index (κ2) is 7.11. The normalized spacial score (nSPS) is 22.6. The molecule has 2 aliphatic heterocycles. The number of hydrogen-bond acceptors (Lipinski definition) is 8. The van der Waals surface area contributed by atoms with Crippen molar-refractivity contribution in [2.24, 2.45) is 0 Å². The van der Waals surface area contributed by atoms with Gasteiger partial charge in [-0.15, -0.1) is 4.28 Å². The molecule has 0 radical (unpaired) electrons. The number of rotatable bonds is 6. The Labute approximate surface area is 149 Å². The molecule has 0 aliphatic carbocycles. The van der Waals surface area contributed by atoms with Gasteiger partial charge in [-0.3, -0.25) is 24.2 Å². The molecule has 0 aromatic carbocycles. The van der Waals surface area contributed by atoms with Gasteiger partial charge in [0.2, 0.25) is 0 Å². The Morgan fingerprint density at radius 3 is 2.81 bits per heavy atom. The van der Waals surface area contributed by atoms with E-state index in [1.165, 1.54) is 11.1 Å². The molecule has 1 aromatic rings. The number of urea groups is 1. The number of fused-ring (bicyclic) bond motifs is 2. The summed E-state index contributed by atoms with van der Waals surface area (Å²) in [6.45, 7) is 1.90. The van der Waals surface area contributed by atoms with Crippen molar-refractivity contribution in [3.63, 3.8) is 0 Å². The number of amides is 3. The number of hydrogen-bond donors (Lipinski definition) is 2. The quantitative estimate of drug-likeness (QED) is 0.478. The molecule has 2 aliphatic rings. The minimum absolute atomic E-state index is 0.000301. The van der Waals surface area contributed by atoms with Gasteiger partial charge in [-0.05, 0) is 19.8 Å². The Morgan fingerprint density at radius 2 is 2.15 bits per heavy atom. The second-order valence-electron chi connectivity index (χ2n) is 5.91. The lowest BCUT2D eigenvalue weighted by Gasteiger charge is -2.28. The molecule has 3 rings (SSSR count). The molecular formula is C13H17N5O7S. The minimum Gasteiger partial charge on any atom is -0.309 e. The fourth-order valence-electron chi connectivity index (χ4n) is 2.85. The first-order chi connectivity index (χ1) is 12.2. The summed E-state index contributed by atoms with van der Waals surface area (Å²) in [6.07, 6.45) is 3.70. The van der Waals surface area contributed by atoms with Gasteiger partial charge < -0.3 is 4.90 Å². The van der Waals surface area contributed by atoms with Crippen LogP contribution in [0.15, 0.2) is 12.4 Å². The van der Waals surface area contributed by atoms with Gasteiger partial charge in [0, 0.05) is 12.7 Å². The fraction of sp³-hybridized carbons (Fsp3) is 0.538. The Balaban J connectivity index is 1.56. The van der Waals surface area contributed by atoms with Gasteiger partial charge in [-0.2, -0.15) is 13.5 Å². The predicted molar refractivity (Wildman–Crippen MR) is 83.1 cm³/mol. The topological polar surface area (TPSA) is 151 Å². The van der Waals surface area contributed by atoms with Crippen molar-refractivity contribution >= 4 is 22.3 Å². The lowest BCUT2D eigenvalue weighted by Crippen LogP contribution is -2.49. The average Bonchev–Trinajstić information content (AvgIpc) is 2.80. The molecule has 2 atom stereocenters. The molecule has 2 saturated heterocycles. The van der Waals surface area contributed by atoms with Crippen molar-refractivity contribution in [1.82, 2.24) is 25.4 Å². The fourth-order valence-corrected chi connectivity index (χ4v) is 3.24. The van der Waals surface area contributed by atoms with E-state index in [9.17, 15) is 18.0 Å². The third-order valence-electron chi connectivity index (χ3n) is 4.03. The van der Waals surface area contributed by atoms with Crippen molar-refractivity contribution in [2.75, 3.05) is 6.54 Å². The van der Waals surface area contributed by atoms with E-state index in [0.29, 0.717) is 23.6 Å². The zero-order chi connectivity index (χ0) is 18.9. The van der Waals surface area contributed by atoms with Crippen LogP contribution in [0, 0.1) is 6.92 Å². The van der Waals surface area contributed by atoms with Gasteiger partial charge in [0.15, 0.2) is 0 Å². The van der Waals surface area contributed by atoms with E-state index < -0.39 is 34.4 Å². The molecule has 2 unspecified atom stereocenters. The summed E-state index contributed by atoms with van der Waals surface area (Å²) in [4.78, 5) is 38.9. The largest absolute Gasteiger partial charge is 0.418 e. The first-order valence-corrected chi connectivity index (χ1v) is 9.07. The van der Waals surface area contributed by atoms with Crippen LogP contribution in [0.5, 0.6) is 0 Å². The molecule has 3 amide bonds. The average molecular weight is 387 g/mol. The zero-order valence-corrected chi connectivity index (χ0v) is 14.5. The maximum absolute atomic E-state index is 12.3. The van der Waals surface area contributed by atoms with Crippen LogP contribution >= 0.6 is 0 Å². The summed E-state index contributed by atoms with van der Waals surface area (Å²) < 4.78 is 34.7. The molecule has 2 fully saturated rings. The number of nitrogens with one attached hydrogen (secondary N) is 1. The second-order valence-corrected chi connectivity index (χ2v) is 6.92. The molecule has 0 saturated carbocycles. The number of aryl methyl sites for hydroxylation is 1. The van der Waals surface area contributed by atoms with E-state index >= 15 is 0 Å². The highest BCUT2D eigenvalue weighted by Gasteiger charge is 2.49. The maximum Gasteiger partial charge on any atom is 0.418 e. The Hall–Kier alpha value is -2.35. The van der Waals surface area contributed by atoms with Crippen molar-refractivity contribution < 1.29 is 31.7 Å². The van der Waals surface area contributed by atoms with Crippen LogP contribution in [-0.2, 0) is 30.9 Å². The van der Waals surface area contributed by atoms with Gasteiger partial charge in [-0.1, -0.05) is 0 Å². The third kappa shape index (κ3) is 4.07. The van der Waals surface area contributed by atoms with Crippen LogP contribution < -0.4 is 5.48 Å². The van der Waals surface area contributed by atoms with E-state index in [-0.39, 0.29) is 13.2 Å². The van der Waals surface area contributed by atoms with Crippen LogP contribution in [0.25, 0.3) is 0 Å². The van der Waals surface area contributed by atoms with E-state index in [0.717, 1.165) is 5.69 Å². The highest BCUT2D eigenvalue weighted by Crippen LogP contribution is 2.30. The molecule has 2 bridgehead atoms. The number of carbonyl (C=O) groups excluding carboxylic acids is 2. The summed E-state index contributed by atoms with van der Waals surface area (Å²) in [5, 5.41) is 0.575. The number of aromatic nitrogens is 2. The van der Waals surface area contributed by atoms with E-state index in [2.05, 4.69) is 19.7 Å². The minimum atomic E-state index is -4.82. The van der Waals surface area contributed by atoms with Gasteiger partial charge in [0.05, 0.1) is 23.6 Å². The highest BCUT2D eigenvalue weighted by atomic mass is 32.3. The Bertz CT molecular complexity index is 800. The lowest BCUT2D eigenvalue weighted by molar-refractivity contribution is -0.140. The Morgan fingerprint density at radius 1 is 1.38 bits per heavy atom. The van der Waals surface area contributed by atoms with E-state index in [4.69, 9.17) is 9.39 Å². The van der Waals surface area contributed by atoms with Gasteiger partial charge in [-0.25, -0.2) is 10.3 Å². The van der Waals surface area contributed by atoms with Gasteiger partial charge >= 0.3 is 16.4 Å². The summed E-state index contributed by atoms with van der Waals surface area (Å²) in [5.74, 6) is -0.550. The summed E-state index contributed by atoms with van der Waals surface area (Å²) in [6, 6.07) is -2.20. The van der Waals surface area contributed by atoms with Crippen molar-refractivity contribution in [3.8, 4) is 0 Å². The summed E-state index contributed by atoms with van der Waals surface area (Å²) >= 11 is 0. The molecule has 0 spiro atoms. The molecule has 142 valence electrons. The first-order valence-electron chi connectivity index (χ1n) is 7.70. The number of carbonyl (C=O) groups is 2. The van der Waals surface area contributed by atoms with Gasteiger partial charge in [0.1, 0.15) is 12.6 Å². The zero-order valence-electron chi connectivity index (χ0n) is 13.7. The lowest BCUT2D eigenvalue weighted by atomic mass is 10.0. The molecule has 26 heavy (non-hydrogen) atoms. The van der Waals surface area contributed by atoms with Crippen LogP contribution in [0.3, 0.4) is 0 Å². The first kappa shape index (κ1) is 18.4. The molecule has 1 aromatic heterocycles. The third-order valence-corrected chi connectivity index (χ3v) is 4.38.